The molecule has 0 aliphatic heterocycles. The Morgan fingerprint density at radius 1 is 1.44 bits per heavy atom. The Morgan fingerprint density at radius 3 is 2.62 bits per heavy atom. The van der Waals surface area contributed by atoms with Gasteiger partial charge in [-0.1, -0.05) is 18.2 Å². The SMILES string of the molecule is C=C(Cl)CNC(=O)COc1ccc(F)cc1. The summed E-state index contributed by atoms with van der Waals surface area (Å²) in [5.41, 5.74) is 0. The van der Waals surface area contributed by atoms with Gasteiger partial charge in [0.15, 0.2) is 6.61 Å². The van der Waals surface area contributed by atoms with E-state index in [-0.39, 0.29) is 24.9 Å². The van der Waals surface area contributed by atoms with Crippen molar-refractivity contribution in [1.82, 2.24) is 5.32 Å². The Bertz CT molecular complexity index is 378. The van der Waals surface area contributed by atoms with Crippen molar-refractivity contribution in [2.45, 2.75) is 0 Å². The highest BCUT2D eigenvalue weighted by Crippen LogP contribution is 2.10. The third-order valence-electron chi connectivity index (χ3n) is 1.66. The van der Waals surface area contributed by atoms with E-state index in [4.69, 9.17) is 16.3 Å². The van der Waals surface area contributed by atoms with Crippen LogP contribution in [0.2, 0.25) is 0 Å². The van der Waals surface area contributed by atoms with Crippen molar-refractivity contribution in [1.29, 1.82) is 0 Å². The minimum absolute atomic E-state index is 0.143. The highest BCUT2D eigenvalue weighted by Gasteiger charge is 2.02. The van der Waals surface area contributed by atoms with Gasteiger partial charge in [-0.15, -0.1) is 0 Å². The summed E-state index contributed by atoms with van der Waals surface area (Å²) in [6.45, 7) is 3.48. The van der Waals surface area contributed by atoms with E-state index in [1.807, 2.05) is 0 Å². The summed E-state index contributed by atoms with van der Waals surface area (Å²) >= 11 is 5.46. The molecule has 16 heavy (non-hydrogen) atoms. The molecule has 5 heteroatoms. The van der Waals surface area contributed by atoms with Crippen LogP contribution in [0.15, 0.2) is 35.9 Å². The molecule has 0 atom stereocenters. The Kier molecular flexibility index (Phi) is 4.79. The average Bonchev–Trinajstić information content (AvgIpc) is 2.25. The molecule has 1 aromatic carbocycles. The number of carbonyl (C=O) groups excluding carboxylic acids is 1. The summed E-state index contributed by atoms with van der Waals surface area (Å²) in [7, 11) is 0. The first-order chi connectivity index (χ1) is 7.58. The van der Waals surface area contributed by atoms with Crippen molar-refractivity contribution in [3.63, 3.8) is 0 Å². The standard InChI is InChI=1S/C11H11ClFNO2/c1-8(12)6-14-11(15)7-16-10-4-2-9(13)3-5-10/h2-5H,1,6-7H2,(H,14,15). The predicted octanol–water partition coefficient (Wildman–Crippen LogP) is 2.07. The molecule has 0 saturated carbocycles. The molecule has 86 valence electrons. The third kappa shape index (κ3) is 4.79. The second-order valence-corrected chi connectivity index (χ2v) is 3.57. The van der Waals surface area contributed by atoms with Crippen molar-refractivity contribution in [2.24, 2.45) is 0 Å². The molecule has 1 amide bonds. The van der Waals surface area contributed by atoms with Gasteiger partial charge in [0.25, 0.3) is 5.91 Å². The van der Waals surface area contributed by atoms with E-state index in [0.717, 1.165) is 0 Å². The smallest absolute Gasteiger partial charge is 0.258 e. The normalized spacial score (nSPS) is 9.62. The quantitative estimate of drug-likeness (QED) is 0.860. The van der Waals surface area contributed by atoms with Gasteiger partial charge >= 0.3 is 0 Å². The highest BCUT2D eigenvalue weighted by molar-refractivity contribution is 6.29. The number of halogens is 2. The minimum atomic E-state index is -0.352. The van der Waals surface area contributed by atoms with Gasteiger partial charge in [-0.05, 0) is 24.3 Å². The molecule has 1 rings (SSSR count). The zero-order valence-corrected chi connectivity index (χ0v) is 9.26. The molecular formula is C11H11ClFNO2. The first kappa shape index (κ1) is 12.5. The summed E-state index contributed by atoms with van der Waals surface area (Å²) in [6, 6.07) is 5.41. The maximum Gasteiger partial charge on any atom is 0.258 e. The van der Waals surface area contributed by atoms with Crippen molar-refractivity contribution in [3.8, 4) is 5.75 Å². The van der Waals surface area contributed by atoms with Crippen molar-refractivity contribution in [3.05, 3.63) is 41.7 Å². The lowest BCUT2D eigenvalue weighted by Gasteiger charge is -2.06. The lowest BCUT2D eigenvalue weighted by atomic mass is 10.3. The number of hydrogen-bond acceptors (Lipinski definition) is 2. The Balaban J connectivity index is 2.31. The van der Waals surface area contributed by atoms with E-state index in [1.54, 1.807) is 0 Å². The monoisotopic (exact) mass is 243 g/mol. The first-order valence-corrected chi connectivity index (χ1v) is 4.94. The highest BCUT2D eigenvalue weighted by atomic mass is 35.5. The molecule has 0 radical (unpaired) electrons. The minimum Gasteiger partial charge on any atom is -0.484 e. The Labute approximate surface area is 97.9 Å². The van der Waals surface area contributed by atoms with E-state index < -0.39 is 0 Å². The second-order valence-electron chi connectivity index (χ2n) is 3.04. The van der Waals surface area contributed by atoms with Gasteiger partial charge in [0.05, 0.1) is 6.54 Å². The third-order valence-corrected chi connectivity index (χ3v) is 1.79. The van der Waals surface area contributed by atoms with Crippen LogP contribution in [0.25, 0.3) is 0 Å². The maximum atomic E-state index is 12.5. The van der Waals surface area contributed by atoms with Gasteiger partial charge in [-0.25, -0.2) is 4.39 Å². The number of rotatable bonds is 5. The van der Waals surface area contributed by atoms with Gasteiger partial charge in [0, 0.05) is 5.03 Å². The van der Waals surface area contributed by atoms with Gasteiger partial charge in [0.2, 0.25) is 0 Å². The fraction of sp³-hybridized carbons (Fsp3) is 0.182. The zero-order chi connectivity index (χ0) is 12.0. The van der Waals surface area contributed by atoms with Gasteiger partial charge in [-0.2, -0.15) is 0 Å². The molecule has 1 aromatic rings. The fourth-order valence-electron chi connectivity index (χ4n) is 0.925. The van der Waals surface area contributed by atoms with Crippen LogP contribution >= 0.6 is 11.6 Å². The van der Waals surface area contributed by atoms with Crippen molar-refractivity contribution >= 4 is 17.5 Å². The van der Waals surface area contributed by atoms with Crippen LogP contribution in [0, 0.1) is 5.82 Å². The summed E-state index contributed by atoms with van der Waals surface area (Å²) < 4.78 is 17.6. The van der Waals surface area contributed by atoms with Crippen molar-refractivity contribution < 1.29 is 13.9 Å². The molecule has 3 nitrogen and oxygen atoms in total. The van der Waals surface area contributed by atoms with Crippen molar-refractivity contribution in [2.75, 3.05) is 13.2 Å². The summed E-state index contributed by atoms with van der Waals surface area (Å²) in [6.07, 6.45) is 0. The lowest BCUT2D eigenvalue weighted by molar-refractivity contribution is -0.122. The zero-order valence-electron chi connectivity index (χ0n) is 8.50. The summed E-state index contributed by atoms with van der Waals surface area (Å²) in [5, 5.41) is 2.84. The van der Waals surface area contributed by atoms with E-state index in [0.29, 0.717) is 10.8 Å². The Hall–Kier alpha value is -1.55. The lowest BCUT2D eigenvalue weighted by Crippen LogP contribution is -2.29. The molecule has 0 aliphatic rings. The largest absolute Gasteiger partial charge is 0.484 e. The van der Waals surface area contributed by atoms with Gasteiger partial charge < -0.3 is 10.1 Å². The van der Waals surface area contributed by atoms with Crippen LogP contribution in [0.5, 0.6) is 5.75 Å². The molecule has 0 saturated heterocycles. The van der Waals surface area contributed by atoms with E-state index in [9.17, 15) is 9.18 Å². The summed E-state index contributed by atoms with van der Waals surface area (Å²) in [5.74, 6) is -0.234. The van der Waals surface area contributed by atoms with Crippen LogP contribution in [0.4, 0.5) is 4.39 Å². The van der Waals surface area contributed by atoms with E-state index in [1.165, 1.54) is 24.3 Å². The number of carbonyl (C=O) groups is 1. The fourth-order valence-corrected chi connectivity index (χ4v) is 0.992. The molecule has 0 aliphatic carbocycles. The molecule has 0 bridgehead atoms. The predicted molar refractivity (Wildman–Crippen MR) is 59.9 cm³/mol. The van der Waals surface area contributed by atoms with Gasteiger partial charge in [-0.3, -0.25) is 4.79 Å². The number of amides is 1. The number of benzene rings is 1. The van der Waals surface area contributed by atoms with Crippen LogP contribution in [0.3, 0.4) is 0 Å². The van der Waals surface area contributed by atoms with Crippen LogP contribution in [0.1, 0.15) is 0 Å². The molecule has 0 unspecified atom stereocenters. The molecular weight excluding hydrogens is 233 g/mol. The number of hydrogen-bond donors (Lipinski definition) is 1. The van der Waals surface area contributed by atoms with Gasteiger partial charge in [0.1, 0.15) is 11.6 Å². The molecule has 0 fully saturated rings. The van der Waals surface area contributed by atoms with Crippen LogP contribution in [-0.2, 0) is 4.79 Å². The Morgan fingerprint density at radius 2 is 2.06 bits per heavy atom. The topological polar surface area (TPSA) is 38.3 Å². The maximum absolute atomic E-state index is 12.5. The molecule has 1 N–H and O–H groups in total. The first-order valence-electron chi connectivity index (χ1n) is 4.56. The van der Waals surface area contributed by atoms with E-state index in [2.05, 4.69) is 11.9 Å². The number of nitrogens with one attached hydrogen (secondary N) is 1. The molecule has 0 aromatic heterocycles. The van der Waals surface area contributed by atoms with Crippen LogP contribution < -0.4 is 10.1 Å². The average molecular weight is 244 g/mol. The summed E-state index contributed by atoms with van der Waals surface area (Å²) in [4.78, 5) is 11.2. The molecule has 0 spiro atoms. The van der Waals surface area contributed by atoms with Crippen LogP contribution in [-0.4, -0.2) is 19.1 Å². The number of ether oxygens (including phenoxy) is 1. The second kappa shape index (κ2) is 6.12. The molecule has 0 heterocycles. The van der Waals surface area contributed by atoms with E-state index >= 15 is 0 Å².